The van der Waals surface area contributed by atoms with E-state index in [9.17, 15) is 9.59 Å². The van der Waals surface area contributed by atoms with Gasteiger partial charge in [-0.15, -0.1) is 0 Å². The van der Waals surface area contributed by atoms with Gasteiger partial charge in [-0.2, -0.15) is 5.10 Å². The van der Waals surface area contributed by atoms with Crippen LogP contribution in [0.5, 0.6) is 0 Å². The van der Waals surface area contributed by atoms with E-state index >= 15 is 0 Å². The van der Waals surface area contributed by atoms with Crippen molar-refractivity contribution >= 4 is 11.8 Å². The summed E-state index contributed by atoms with van der Waals surface area (Å²) in [6.07, 6.45) is 7.19. The highest BCUT2D eigenvalue weighted by molar-refractivity contribution is 5.82. The number of nitrogens with one attached hydrogen (secondary N) is 1. The van der Waals surface area contributed by atoms with Gasteiger partial charge in [-0.25, -0.2) is 4.68 Å². The summed E-state index contributed by atoms with van der Waals surface area (Å²) in [5.41, 5.74) is 2.08. The minimum absolute atomic E-state index is 0.114. The van der Waals surface area contributed by atoms with Gasteiger partial charge in [0.05, 0.1) is 17.9 Å². The van der Waals surface area contributed by atoms with E-state index in [2.05, 4.69) is 15.3 Å². The number of aromatic nitrogens is 2. The van der Waals surface area contributed by atoms with Crippen LogP contribution in [0.25, 0.3) is 5.69 Å². The van der Waals surface area contributed by atoms with Crippen molar-refractivity contribution in [2.45, 2.75) is 44.7 Å². The van der Waals surface area contributed by atoms with Crippen molar-refractivity contribution in [1.82, 2.24) is 24.9 Å². The van der Waals surface area contributed by atoms with Crippen molar-refractivity contribution in [1.29, 1.82) is 0 Å². The van der Waals surface area contributed by atoms with Gasteiger partial charge in [0, 0.05) is 44.8 Å². The van der Waals surface area contributed by atoms with Crippen LogP contribution in [0.2, 0.25) is 0 Å². The number of carbonyl (C=O) groups excluding carboxylic acids is 2. The van der Waals surface area contributed by atoms with E-state index in [1.807, 2.05) is 59.2 Å². The van der Waals surface area contributed by atoms with Crippen LogP contribution in [-0.2, 0) is 16.0 Å². The second-order valence-electron chi connectivity index (χ2n) is 8.00. The molecule has 1 saturated carbocycles. The van der Waals surface area contributed by atoms with E-state index < -0.39 is 0 Å². The molecule has 4 rings (SSSR count). The van der Waals surface area contributed by atoms with Gasteiger partial charge >= 0.3 is 0 Å². The van der Waals surface area contributed by atoms with Gasteiger partial charge in [-0.3, -0.25) is 14.5 Å². The van der Waals surface area contributed by atoms with Crippen molar-refractivity contribution in [3.05, 3.63) is 48.3 Å². The third-order valence-corrected chi connectivity index (χ3v) is 5.80. The molecule has 1 aromatic heterocycles. The first kappa shape index (κ1) is 19.6. The maximum Gasteiger partial charge on any atom is 0.237 e. The third-order valence-electron chi connectivity index (χ3n) is 5.80. The number of amides is 2. The molecule has 1 N–H and O–H groups in total. The molecule has 0 radical (unpaired) electrons. The Morgan fingerprint density at radius 1 is 1.14 bits per heavy atom. The predicted octanol–water partition coefficient (Wildman–Crippen LogP) is 1.62. The van der Waals surface area contributed by atoms with Crippen molar-refractivity contribution in [3.63, 3.8) is 0 Å². The van der Waals surface area contributed by atoms with Crippen LogP contribution in [0.1, 0.15) is 31.7 Å². The fraction of sp³-hybridized carbons (Fsp3) is 0.500. The lowest BCUT2D eigenvalue weighted by atomic mass is 10.1. The van der Waals surface area contributed by atoms with Gasteiger partial charge < -0.3 is 10.2 Å². The Labute approximate surface area is 171 Å². The van der Waals surface area contributed by atoms with Gasteiger partial charge in [0.25, 0.3) is 0 Å². The maximum atomic E-state index is 12.6. The molecule has 1 aromatic carbocycles. The van der Waals surface area contributed by atoms with Gasteiger partial charge in [-0.1, -0.05) is 18.2 Å². The van der Waals surface area contributed by atoms with E-state index in [1.165, 1.54) is 0 Å². The molecule has 2 fully saturated rings. The monoisotopic (exact) mass is 395 g/mol. The van der Waals surface area contributed by atoms with Crippen LogP contribution in [-0.4, -0.2) is 69.7 Å². The summed E-state index contributed by atoms with van der Waals surface area (Å²) in [7, 11) is 0. The zero-order chi connectivity index (χ0) is 20.2. The molecule has 2 heterocycles. The van der Waals surface area contributed by atoms with E-state index in [1.54, 1.807) is 0 Å². The van der Waals surface area contributed by atoms with Gasteiger partial charge in [0.15, 0.2) is 0 Å². The molecule has 1 atom stereocenters. The molecule has 7 heteroatoms. The van der Waals surface area contributed by atoms with Crippen LogP contribution in [0, 0.1) is 0 Å². The minimum Gasteiger partial charge on any atom is -0.352 e. The average molecular weight is 396 g/mol. The molecule has 0 bridgehead atoms. The highest BCUT2D eigenvalue weighted by Gasteiger charge is 2.30. The number of hydrogen-bond donors (Lipinski definition) is 1. The van der Waals surface area contributed by atoms with Gasteiger partial charge in [0.1, 0.15) is 0 Å². The number of nitrogens with zero attached hydrogens (tertiary/aromatic N) is 4. The van der Waals surface area contributed by atoms with Crippen molar-refractivity contribution in [2.75, 3.05) is 26.2 Å². The first-order chi connectivity index (χ1) is 14.1. The fourth-order valence-electron chi connectivity index (χ4n) is 3.69. The number of benzene rings is 1. The number of rotatable bonds is 7. The molecule has 154 valence electrons. The van der Waals surface area contributed by atoms with Crippen LogP contribution < -0.4 is 5.32 Å². The molecule has 1 aliphatic carbocycles. The smallest absolute Gasteiger partial charge is 0.237 e. The second kappa shape index (κ2) is 8.78. The lowest BCUT2D eigenvalue weighted by Gasteiger charge is -2.37. The molecule has 2 amide bonds. The summed E-state index contributed by atoms with van der Waals surface area (Å²) in [5, 5.41) is 7.46. The van der Waals surface area contributed by atoms with E-state index in [0.717, 1.165) is 37.2 Å². The lowest BCUT2D eigenvalue weighted by molar-refractivity contribution is -0.134. The molecule has 0 spiro atoms. The molecule has 1 unspecified atom stereocenters. The Hall–Kier alpha value is -2.67. The summed E-state index contributed by atoms with van der Waals surface area (Å²) in [5.74, 6) is 0.287. The maximum absolute atomic E-state index is 12.6. The molecule has 29 heavy (non-hydrogen) atoms. The number of piperazine rings is 1. The molecule has 1 aliphatic heterocycles. The molecular weight excluding hydrogens is 366 g/mol. The summed E-state index contributed by atoms with van der Waals surface area (Å²) in [6.45, 7) is 4.82. The number of aryl methyl sites for hydroxylation is 1. The first-order valence-electron chi connectivity index (χ1n) is 10.5. The zero-order valence-corrected chi connectivity index (χ0v) is 17.0. The summed E-state index contributed by atoms with van der Waals surface area (Å²) in [4.78, 5) is 28.9. The van der Waals surface area contributed by atoms with E-state index in [-0.39, 0.29) is 17.9 Å². The lowest BCUT2D eigenvalue weighted by Crippen LogP contribution is -2.55. The summed E-state index contributed by atoms with van der Waals surface area (Å²) in [6, 6.07) is 10.2. The molecule has 1 saturated heterocycles. The van der Waals surface area contributed by atoms with Gasteiger partial charge in [0.2, 0.25) is 11.8 Å². The van der Waals surface area contributed by atoms with Crippen LogP contribution in [0.15, 0.2) is 42.7 Å². The summed E-state index contributed by atoms with van der Waals surface area (Å²) >= 11 is 0. The summed E-state index contributed by atoms with van der Waals surface area (Å²) < 4.78 is 1.84. The minimum atomic E-state index is -0.128. The van der Waals surface area contributed by atoms with Gasteiger partial charge in [-0.05, 0) is 43.9 Å². The quantitative estimate of drug-likeness (QED) is 0.773. The van der Waals surface area contributed by atoms with Crippen molar-refractivity contribution < 1.29 is 9.59 Å². The Balaban J connectivity index is 1.22. The predicted molar refractivity (Wildman–Crippen MR) is 111 cm³/mol. The Morgan fingerprint density at radius 3 is 2.55 bits per heavy atom. The first-order valence-corrected chi connectivity index (χ1v) is 10.5. The molecule has 2 aromatic rings. The number of carbonyl (C=O) groups is 2. The zero-order valence-electron chi connectivity index (χ0n) is 17.0. The van der Waals surface area contributed by atoms with E-state index in [4.69, 9.17) is 0 Å². The third kappa shape index (κ3) is 5.03. The van der Waals surface area contributed by atoms with Crippen LogP contribution in [0.3, 0.4) is 0 Å². The normalized spacial score (nSPS) is 18.4. The van der Waals surface area contributed by atoms with Crippen molar-refractivity contribution in [2.24, 2.45) is 0 Å². The number of hydrogen-bond acceptors (Lipinski definition) is 4. The molecule has 2 aliphatic rings. The van der Waals surface area contributed by atoms with Crippen molar-refractivity contribution in [3.8, 4) is 5.69 Å². The highest BCUT2D eigenvalue weighted by atomic mass is 16.2. The fourth-order valence-corrected chi connectivity index (χ4v) is 3.69. The SMILES string of the molecule is CC(C(=O)NC1CC1)N1CCN(C(=O)CCc2cnn(-c3ccccc3)c2)CC1. The average Bonchev–Trinajstić information content (AvgIpc) is 3.45. The van der Waals surface area contributed by atoms with Crippen LogP contribution in [0.4, 0.5) is 0 Å². The Kier molecular flexibility index (Phi) is 5.94. The number of para-hydroxylation sites is 1. The molecule has 7 nitrogen and oxygen atoms in total. The Morgan fingerprint density at radius 2 is 1.86 bits per heavy atom. The topological polar surface area (TPSA) is 70.5 Å². The molecular formula is C22H29N5O2. The second-order valence-corrected chi connectivity index (χ2v) is 8.00. The van der Waals surface area contributed by atoms with E-state index in [0.29, 0.717) is 32.0 Å². The van der Waals surface area contributed by atoms with Crippen LogP contribution >= 0.6 is 0 Å². The Bertz CT molecular complexity index is 838. The highest BCUT2D eigenvalue weighted by Crippen LogP contribution is 2.19. The largest absolute Gasteiger partial charge is 0.352 e. The standard InChI is InChI=1S/C22H29N5O2/c1-17(22(29)24-19-8-9-19)25-11-13-26(14-12-25)21(28)10-7-18-15-23-27(16-18)20-5-3-2-4-6-20/h2-6,15-17,19H,7-14H2,1H3,(H,24,29).